The number of aryl methyl sites for hydroxylation is 1. The van der Waals surface area contributed by atoms with Crippen molar-refractivity contribution in [3.8, 4) is 0 Å². The number of carbonyl (C=O) groups is 1. The number of halogens is 2. The Hall–Kier alpha value is -2.17. The van der Waals surface area contributed by atoms with Crippen LogP contribution < -0.4 is 10.0 Å². The van der Waals surface area contributed by atoms with Crippen molar-refractivity contribution in [2.75, 3.05) is 23.6 Å². The SMILES string of the molecule is CC(=O)Nc1nc(C)c(S(=O)(=O)Nc2ccc(C3CN(C)Cc4c(Cl)cc(Cl)cc43)cc2)s1. The zero-order valence-electron chi connectivity index (χ0n) is 18.1. The highest BCUT2D eigenvalue weighted by atomic mass is 35.5. The molecule has 0 bridgehead atoms. The molecule has 2 aromatic carbocycles. The van der Waals surface area contributed by atoms with E-state index >= 15 is 0 Å². The normalized spacial score (nSPS) is 16.3. The molecule has 0 radical (unpaired) electrons. The number of anilines is 2. The zero-order chi connectivity index (χ0) is 23.9. The standard InChI is InChI=1S/C22H22Cl2N4O3S2/c1-12-21(32-22(25-12)26-13(2)29)33(30,31)27-16-6-4-14(5-7-16)18-10-28(3)11-19-17(18)8-15(23)9-20(19)24/h4-9,18,27H,10-11H2,1-3H3,(H,25,26,29). The Bertz CT molecular complexity index is 1320. The molecular weight excluding hydrogens is 503 g/mol. The Morgan fingerprint density at radius 1 is 1.21 bits per heavy atom. The monoisotopic (exact) mass is 524 g/mol. The molecule has 11 heteroatoms. The average Bonchev–Trinajstić information content (AvgIpc) is 3.09. The number of hydrogen-bond acceptors (Lipinski definition) is 6. The molecule has 1 aliphatic heterocycles. The number of hydrogen-bond donors (Lipinski definition) is 2. The number of benzene rings is 2. The van der Waals surface area contributed by atoms with E-state index in [1.54, 1.807) is 25.1 Å². The van der Waals surface area contributed by atoms with Crippen LogP contribution in [0.15, 0.2) is 40.6 Å². The smallest absolute Gasteiger partial charge is 0.273 e. The van der Waals surface area contributed by atoms with E-state index in [0.29, 0.717) is 21.4 Å². The van der Waals surface area contributed by atoms with E-state index in [4.69, 9.17) is 23.2 Å². The lowest BCUT2D eigenvalue weighted by Crippen LogP contribution is -2.31. The third-order valence-electron chi connectivity index (χ3n) is 5.34. The zero-order valence-corrected chi connectivity index (χ0v) is 21.3. The van der Waals surface area contributed by atoms with Crippen LogP contribution in [0.1, 0.15) is 35.2 Å². The number of nitrogens with zero attached hydrogens (tertiary/aromatic N) is 2. The fourth-order valence-electron chi connectivity index (χ4n) is 3.95. The van der Waals surface area contributed by atoms with Gasteiger partial charge in [-0.15, -0.1) is 0 Å². The molecule has 0 spiro atoms. The van der Waals surface area contributed by atoms with Gasteiger partial charge < -0.3 is 10.2 Å². The molecule has 1 aromatic heterocycles. The number of aromatic nitrogens is 1. The lowest BCUT2D eigenvalue weighted by molar-refractivity contribution is -0.114. The van der Waals surface area contributed by atoms with Crippen LogP contribution in [0.3, 0.4) is 0 Å². The maximum atomic E-state index is 12.9. The summed E-state index contributed by atoms with van der Waals surface area (Å²) in [7, 11) is -1.82. The van der Waals surface area contributed by atoms with Gasteiger partial charge in [0.15, 0.2) is 9.34 Å². The third-order valence-corrected chi connectivity index (χ3v) is 8.96. The van der Waals surface area contributed by atoms with Crippen LogP contribution in [0.4, 0.5) is 10.8 Å². The molecule has 0 fully saturated rings. The van der Waals surface area contributed by atoms with Gasteiger partial charge in [0.05, 0.1) is 5.69 Å². The Morgan fingerprint density at radius 3 is 2.58 bits per heavy atom. The Kier molecular flexibility index (Phi) is 6.70. The molecule has 3 aromatic rings. The maximum absolute atomic E-state index is 12.9. The van der Waals surface area contributed by atoms with Crippen molar-refractivity contribution in [2.45, 2.75) is 30.5 Å². The first kappa shape index (κ1) is 24.0. The summed E-state index contributed by atoms with van der Waals surface area (Å²) in [5.74, 6) is -0.252. The molecule has 2 N–H and O–H groups in total. The average molecular weight is 525 g/mol. The van der Waals surface area contributed by atoms with Crippen molar-refractivity contribution in [2.24, 2.45) is 0 Å². The highest BCUT2D eigenvalue weighted by molar-refractivity contribution is 7.94. The number of likely N-dealkylation sites (N-methyl/N-ethyl adjacent to an activating group) is 1. The minimum atomic E-state index is -3.85. The van der Waals surface area contributed by atoms with Crippen LogP contribution in [-0.2, 0) is 21.4 Å². The van der Waals surface area contributed by atoms with Crippen molar-refractivity contribution in [3.63, 3.8) is 0 Å². The summed E-state index contributed by atoms with van der Waals surface area (Å²) >= 11 is 13.6. The van der Waals surface area contributed by atoms with Gasteiger partial charge >= 0.3 is 0 Å². The highest BCUT2D eigenvalue weighted by Gasteiger charge is 2.27. The Balaban J connectivity index is 1.59. The van der Waals surface area contributed by atoms with Gasteiger partial charge in [0.2, 0.25) is 5.91 Å². The molecule has 1 aliphatic rings. The summed E-state index contributed by atoms with van der Waals surface area (Å²) in [6.45, 7) is 4.47. The number of nitrogens with one attached hydrogen (secondary N) is 2. The van der Waals surface area contributed by atoms with E-state index in [1.165, 1.54) is 6.92 Å². The van der Waals surface area contributed by atoms with Crippen molar-refractivity contribution >= 4 is 61.3 Å². The van der Waals surface area contributed by atoms with Crippen molar-refractivity contribution < 1.29 is 13.2 Å². The van der Waals surface area contributed by atoms with E-state index in [-0.39, 0.29) is 21.2 Å². The van der Waals surface area contributed by atoms with Crippen LogP contribution in [0.25, 0.3) is 0 Å². The van der Waals surface area contributed by atoms with Gasteiger partial charge in [0.25, 0.3) is 10.0 Å². The van der Waals surface area contributed by atoms with Crippen molar-refractivity contribution in [1.29, 1.82) is 0 Å². The molecular formula is C22H22Cl2N4O3S2. The molecule has 1 unspecified atom stereocenters. The van der Waals surface area contributed by atoms with Gasteiger partial charge in [-0.05, 0) is 54.9 Å². The number of fused-ring (bicyclic) bond motifs is 1. The largest absolute Gasteiger partial charge is 0.302 e. The number of amides is 1. The number of sulfonamides is 1. The van der Waals surface area contributed by atoms with Crippen molar-refractivity contribution in [1.82, 2.24) is 9.88 Å². The van der Waals surface area contributed by atoms with Gasteiger partial charge in [-0.2, -0.15) is 0 Å². The van der Waals surface area contributed by atoms with Gasteiger partial charge in [0, 0.05) is 41.7 Å². The van der Waals surface area contributed by atoms with Gasteiger partial charge in [-0.25, -0.2) is 13.4 Å². The fourth-order valence-corrected chi connectivity index (χ4v) is 7.04. The van der Waals surface area contributed by atoms with Crippen molar-refractivity contribution in [3.05, 3.63) is 68.8 Å². The molecule has 4 rings (SSSR count). The molecule has 0 aliphatic carbocycles. The molecule has 1 atom stereocenters. The molecule has 7 nitrogen and oxygen atoms in total. The second kappa shape index (κ2) is 9.23. The highest BCUT2D eigenvalue weighted by Crippen LogP contribution is 2.39. The van der Waals surface area contributed by atoms with Crippen LogP contribution in [0.2, 0.25) is 10.0 Å². The first-order valence-electron chi connectivity index (χ1n) is 10.1. The number of rotatable bonds is 5. The minimum Gasteiger partial charge on any atom is -0.302 e. The fraction of sp³-hybridized carbons (Fsp3) is 0.273. The maximum Gasteiger partial charge on any atom is 0.273 e. The molecule has 174 valence electrons. The third kappa shape index (κ3) is 5.17. The van der Waals surface area contributed by atoms with E-state index < -0.39 is 10.0 Å². The summed E-state index contributed by atoms with van der Waals surface area (Å²) in [5.41, 5.74) is 3.93. The molecule has 0 saturated heterocycles. The second-order valence-electron chi connectivity index (χ2n) is 8.01. The van der Waals surface area contributed by atoms with Gasteiger partial charge in [0.1, 0.15) is 0 Å². The predicted molar refractivity (Wildman–Crippen MR) is 133 cm³/mol. The topological polar surface area (TPSA) is 91.4 Å². The summed E-state index contributed by atoms with van der Waals surface area (Å²) in [5, 5.41) is 4.01. The van der Waals surface area contributed by atoms with E-state index in [2.05, 4.69) is 19.9 Å². The first-order valence-corrected chi connectivity index (χ1v) is 13.1. The number of carbonyl (C=O) groups excluding carboxylic acids is 1. The lowest BCUT2D eigenvalue weighted by atomic mass is 9.85. The molecule has 1 amide bonds. The summed E-state index contributed by atoms with van der Waals surface area (Å²) in [6, 6.07) is 11.0. The minimum absolute atomic E-state index is 0.0578. The summed E-state index contributed by atoms with van der Waals surface area (Å²) < 4.78 is 28.5. The quantitative estimate of drug-likeness (QED) is 0.484. The van der Waals surface area contributed by atoms with Crippen LogP contribution in [-0.4, -0.2) is 37.8 Å². The van der Waals surface area contributed by atoms with Gasteiger partial charge in [-0.3, -0.25) is 9.52 Å². The summed E-state index contributed by atoms with van der Waals surface area (Å²) in [6.07, 6.45) is 0. The molecule has 0 saturated carbocycles. The predicted octanol–water partition coefficient (Wildman–Crippen LogP) is 5.09. The molecule has 33 heavy (non-hydrogen) atoms. The lowest BCUT2D eigenvalue weighted by Gasteiger charge is -2.33. The van der Waals surface area contributed by atoms with Crippen LogP contribution in [0.5, 0.6) is 0 Å². The van der Waals surface area contributed by atoms with E-state index in [1.807, 2.05) is 25.2 Å². The van der Waals surface area contributed by atoms with Crippen LogP contribution in [0, 0.1) is 6.92 Å². The van der Waals surface area contributed by atoms with Crippen LogP contribution >= 0.6 is 34.5 Å². The second-order valence-corrected chi connectivity index (χ2v) is 11.7. The van der Waals surface area contributed by atoms with E-state index in [9.17, 15) is 13.2 Å². The van der Waals surface area contributed by atoms with E-state index in [0.717, 1.165) is 41.1 Å². The number of thiazole rings is 1. The Labute approximate surface area is 206 Å². The summed E-state index contributed by atoms with van der Waals surface area (Å²) in [4.78, 5) is 17.6. The Morgan fingerprint density at radius 2 is 1.91 bits per heavy atom. The molecule has 2 heterocycles. The van der Waals surface area contributed by atoms with Gasteiger partial charge in [-0.1, -0.05) is 46.7 Å². The first-order chi connectivity index (χ1) is 15.5.